The molecule has 1 amide bonds. The van der Waals surface area contributed by atoms with E-state index in [0.29, 0.717) is 0 Å². The van der Waals surface area contributed by atoms with E-state index in [1.165, 1.54) is 38.4 Å². The van der Waals surface area contributed by atoms with E-state index in [1.807, 2.05) is 19.9 Å². The highest BCUT2D eigenvalue weighted by Crippen LogP contribution is 2.15. The third-order valence-corrected chi connectivity index (χ3v) is 4.97. The SMILES string of the molecule is CON(C)S(=O)(=O)c1ccc(C(=O)NNc2nc(C)cc(C)n2)cc1. The Kier molecular flexibility index (Phi) is 5.67. The van der Waals surface area contributed by atoms with E-state index in [9.17, 15) is 13.2 Å². The molecular formula is C15H19N5O4S. The van der Waals surface area contributed by atoms with Gasteiger partial charge in [-0.15, -0.1) is 0 Å². The molecule has 1 heterocycles. The molecule has 1 aromatic carbocycles. The Bertz CT molecular complexity index is 848. The van der Waals surface area contributed by atoms with E-state index in [-0.39, 0.29) is 16.4 Å². The van der Waals surface area contributed by atoms with Crippen molar-refractivity contribution >= 4 is 21.9 Å². The average Bonchev–Trinajstić information content (AvgIpc) is 2.58. The zero-order chi connectivity index (χ0) is 18.6. The van der Waals surface area contributed by atoms with E-state index in [0.717, 1.165) is 15.9 Å². The Morgan fingerprint density at radius 3 is 2.20 bits per heavy atom. The molecule has 2 N–H and O–H groups in total. The molecule has 0 fully saturated rings. The Morgan fingerprint density at radius 1 is 1.12 bits per heavy atom. The number of nitrogens with one attached hydrogen (secondary N) is 2. The van der Waals surface area contributed by atoms with Crippen LogP contribution in [0.15, 0.2) is 35.2 Å². The second-order valence-corrected chi connectivity index (χ2v) is 7.11. The van der Waals surface area contributed by atoms with Gasteiger partial charge in [0.2, 0.25) is 5.95 Å². The summed E-state index contributed by atoms with van der Waals surface area (Å²) in [5.74, 6) is -0.182. The Labute approximate surface area is 146 Å². The number of sulfonamides is 1. The summed E-state index contributed by atoms with van der Waals surface area (Å²) in [6.07, 6.45) is 0. The van der Waals surface area contributed by atoms with Gasteiger partial charge in [-0.2, -0.15) is 0 Å². The number of carbonyl (C=O) groups is 1. The number of hydrogen-bond acceptors (Lipinski definition) is 7. The number of hydrogen-bond donors (Lipinski definition) is 2. The minimum Gasteiger partial charge on any atom is -0.288 e. The second-order valence-electron chi connectivity index (χ2n) is 5.18. The van der Waals surface area contributed by atoms with Crippen molar-refractivity contribution in [3.8, 4) is 0 Å². The normalized spacial score (nSPS) is 11.4. The van der Waals surface area contributed by atoms with E-state index in [1.54, 1.807) is 0 Å². The van der Waals surface area contributed by atoms with Gasteiger partial charge in [-0.05, 0) is 44.2 Å². The zero-order valence-electron chi connectivity index (χ0n) is 14.3. The van der Waals surface area contributed by atoms with Gasteiger partial charge in [0.1, 0.15) is 0 Å². The van der Waals surface area contributed by atoms with Crippen molar-refractivity contribution in [3.63, 3.8) is 0 Å². The summed E-state index contributed by atoms with van der Waals surface area (Å²) in [6, 6.07) is 7.26. The first-order chi connectivity index (χ1) is 11.7. The van der Waals surface area contributed by atoms with Crippen LogP contribution in [-0.2, 0) is 14.9 Å². The Hall–Kier alpha value is -2.56. The molecule has 1 aromatic heterocycles. The number of hydrazine groups is 1. The lowest BCUT2D eigenvalue weighted by Crippen LogP contribution is -2.30. The van der Waals surface area contributed by atoms with Crippen LogP contribution in [0.4, 0.5) is 5.95 Å². The number of carbonyl (C=O) groups excluding carboxylic acids is 1. The summed E-state index contributed by atoms with van der Waals surface area (Å²) in [6.45, 7) is 3.63. The molecule has 0 unspecified atom stereocenters. The van der Waals surface area contributed by atoms with E-state index in [2.05, 4.69) is 20.8 Å². The van der Waals surface area contributed by atoms with Crippen molar-refractivity contribution in [1.82, 2.24) is 19.9 Å². The van der Waals surface area contributed by atoms with Crippen LogP contribution in [0, 0.1) is 13.8 Å². The first-order valence-corrected chi connectivity index (χ1v) is 8.70. The monoisotopic (exact) mass is 365 g/mol. The molecule has 0 saturated heterocycles. The molecule has 0 bridgehead atoms. The molecule has 0 aliphatic heterocycles. The van der Waals surface area contributed by atoms with Crippen molar-refractivity contribution < 1.29 is 18.0 Å². The van der Waals surface area contributed by atoms with Crippen molar-refractivity contribution in [2.45, 2.75) is 18.7 Å². The summed E-state index contributed by atoms with van der Waals surface area (Å²) < 4.78 is 24.9. The molecular weight excluding hydrogens is 346 g/mol. The van der Waals surface area contributed by atoms with Gasteiger partial charge < -0.3 is 0 Å². The molecule has 2 aromatic rings. The fourth-order valence-electron chi connectivity index (χ4n) is 1.99. The maximum absolute atomic E-state index is 12.1. The number of rotatable bonds is 6. The van der Waals surface area contributed by atoms with Gasteiger partial charge in [0.05, 0.1) is 12.0 Å². The fourth-order valence-corrected chi connectivity index (χ4v) is 2.96. The molecule has 0 atom stereocenters. The van der Waals surface area contributed by atoms with Gasteiger partial charge in [0.25, 0.3) is 15.9 Å². The summed E-state index contributed by atoms with van der Waals surface area (Å²) in [7, 11) is -1.22. The van der Waals surface area contributed by atoms with E-state index >= 15 is 0 Å². The first kappa shape index (κ1) is 18.8. The van der Waals surface area contributed by atoms with Crippen LogP contribution in [0.1, 0.15) is 21.7 Å². The molecule has 10 heteroatoms. The van der Waals surface area contributed by atoms with Crippen molar-refractivity contribution in [3.05, 3.63) is 47.3 Å². The summed E-state index contributed by atoms with van der Waals surface area (Å²) in [5.41, 5.74) is 6.90. The van der Waals surface area contributed by atoms with E-state index < -0.39 is 15.9 Å². The summed E-state index contributed by atoms with van der Waals surface area (Å²) in [4.78, 5) is 25.1. The third-order valence-electron chi connectivity index (χ3n) is 3.28. The van der Waals surface area contributed by atoms with Crippen LogP contribution >= 0.6 is 0 Å². The summed E-state index contributed by atoms with van der Waals surface area (Å²) in [5, 5.41) is 0. The highest BCUT2D eigenvalue weighted by atomic mass is 32.2. The van der Waals surface area contributed by atoms with Gasteiger partial charge in [-0.3, -0.25) is 20.5 Å². The third kappa shape index (κ3) is 4.50. The smallest absolute Gasteiger partial charge is 0.269 e. The highest BCUT2D eigenvalue weighted by Gasteiger charge is 2.20. The molecule has 2 rings (SSSR count). The largest absolute Gasteiger partial charge is 0.288 e. The Balaban J connectivity index is 2.08. The molecule has 0 radical (unpaired) electrons. The highest BCUT2D eigenvalue weighted by molar-refractivity contribution is 7.89. The van der Waals surface area contributed by atoms with Crippen LogP contribution in [0.3, 0.4) is 0 Å². The van der Waals surface area contributed by atoms with Crippen LogP contribution in [0.2, 0.25) is 0 Å². The van der Waals surface area contributed by atoms with Crippen LogP contribution in [0.5, 0.6) is 0 Å². The number of amides is 1. The quantitative estimate of drug-likeness (QED) is 0.735. The van der Waals surface area contributed by atoms with Crippen LogP contribution in [0.25, 0.3) is 0 Å². The van der Waals surface area contributed by atoms with Gasteiger partial charge in [-0.25, -0.2) is 18.4 Å². The number of anilines is 1. The lowest BCUT2D eigenvalue weighted by Gasteiger charge is -2.14. The molecule has 0 aliphatic carbocycles. The summed E-state index contributed by atoms with van der Waals surface area (Å²) >= 11 is 0. The number of aryl methyl sites for hydroxylation is 2. The lowest BCUT2D eigenvalue weighted by molar-refractivity contribution is -0.0258. The molecule has 9 nitrogen and oxygen atoms in total. The standard InChI is InChI=1S/C15H19N5O4S/c1-10-9-11(2)17-15(16-10)19-18-14(21)12-5-7-13(8-6-12)25(22,23)20(3)24-4/h5-9H,1-4H3,(H,18,21)(H,16,17,19). The molecule has 134 valence electrons. The van der Waals surface area contributed by atoms with Crippen LogP contribution < -0.4 is 10.9 Å². The maximum atomic E-state index is 12.1. The second kappa shape index (κ2) is 7.55. The van der Waals surface area contributed by atoms with Gasteiger partial charge >= 0.3 is 0 Å². The zero-order valence-corrected chi connectivity index (χ0v) is 15.1. The number of benzene rings is 1. The fraction of sp³-hybridized carbons (Fsp3) is 0.267. The minimum absolute atomic E-state index is 0.0130. The van der Waals surface area contributed by atoms with E-state index in [4.69, 9.17) is 4.84 Å². The molecule has 25 heavy (non-hydrogen) atoms. The van der Waals surface area contributed by atoms with Crippen molar-refractivity contribution in [1.29, 1.82) is 0 Å². The minimum atomic E-state index is -3.75. The molecule has 0 spiro atoms. The number of aromatic nitrogens is 2. The average molecular weight is 365 g/mol. The van der Waals surface area contributed by atoms with Crippen molar-refractivity contribution in [2.75, 3.05) is 19.6 Å². The Morgan fingerprint density at radius 2 is 1.68 bits per heavy atom. The predicted molar refractivity (Wildman–Crippen MR) is 91.0 cm³/mol. The lowest BCUT2D eigenvalue weighted by atomic mass is 10.2. The van der Waals surface area contributed by atoms with Crippen LogP contribution in [-0.4, -0.2) is 42.9 Å². The molecule has 0 saturated carbocycles. The predicted octanol–water partition coefficient (Wildman–Crippen LogP) is 1.03. The van der Waals surface area contributed by atoms with Gasteiger partial charge in [-0.1, -0.05) is 4.47 Å². The maximum Gasteiger partial charge on any atom is 0.269 e. The van der Waals surface area contributed by atoms with Gasteiger partial charge in [0, 0.05) is 24.0 Å². The first-order valence-electron chi connectivity index (χ1n) is 7.26. The van der Waals surface area contributed by atoms with Crippen molar-refractivity contribution in [2.24, 2.45) is 0 Å². The topological polar surface area (TPSA) is 114 Å². The molecule has 0 aliphatic rings. The number of nitrogens with zero attached hydrogens (tertiary/aromatic N) is 3. The number of hydroxylamine groups is 1. The van der Waals surface area contributed by atoms with Gasteiger partial charge in [0.15, 0.2) is 0 Å².